The van der Waals surface area contributed by atoms with Crippen molar-refractivity contribution < 1.29 is 24.2 Å². The van der Waals surface area contributed by atoms with Crippen molar-refractivity contribution in [2.75, 3.05) is 25.7 Å². The lowest BCUT2D eigenvalue weighted by Crippen LogP contribution is -2.41. The number of benzene rings is 2. The van der Waals surface area contributed by atoms with E-state index < -0.39 is 17.3 Å². The van der Waals surface area contributed by atoms with Gasteiger partial charge in [0.05, 0.1) is 31.9 Å². The molecular formula is C20H20BrNO5. The molecule has 1 heterocycles. The second kappa shape index (κ2) is 7.32. The average molecular weight is 434 g/mol. The molecule has 0 aromatic heterocycles. The summed E-state index contributed by atoms with van der Waals surface area (Å²) >= 11 is 3.37. The molecule has 6 nitrogen and oxygen atoms in total. The Morgan fingerprint density at radius 3 is 2.56 bits per heavy atom. The normalized spacial score (nSPS) is 18.4. The number of hydrogen-bond acceptors (Lipinski definition) is 5. The maximum atomic E-state index is 13.0. The van der Waals surface area contributed by atoms with Gasteiger partial charge in [0, 0.05) is 22.6 Å². The minimum atomic E-state index is -1.92. The van der Waals surface area contributed by atoms with Crippen LogP contribution in [0.2, 0.25) is 0 Å². The largest absolute Gasteiger partial charge is 0.497 e. The van der Waals surface area contributed by atoms with E-state index in [1.54, 1.807) is 36.4 Å². The number of amides is 1. The van der Waals surface area contributed by atoms with Crippen molar-refractivity contribution in [2.45, 2.75) is 18.9 Å². The van der Waals surface area contributed by atoms with Crippen LogP contribution >= 0.6 is 15.9 Å². The van der Waals surface area contributed by atoms with Crippen LogP contribution in [-0.2, 0) is 10.4 Å². The number of halogens is 1. The maximum Gasteiger partial charge on any atom is 0.264 e. The molecule has 0 radical (unpaired) electrons. The molecule has 3 rings (SSSR count). The summed E-state index contributed by atoms with van der Waals surface area (Å²) in [5, 5.41) is 11.2. The minimum absolute atomic E-state index is 0.283. The number of Topliss-reactive ketones (excluding diaryl/α,β-unsaturated/α-hetero) is 1. The molecular weight excluding hydrogens is 414 g/mol. The fourth-order valence-corrected chi connectivity index (χ4v) is 3.73. The maximum absolute atomic E-state index is 13.0. The Kier molecular flexibility index (Phi) is 5.26. The van der Waals surface area contributed by atoms with Crippen molar-refractivity contribution in [3.8, 4) is 11.5 Å². The number of fused-ring (bicyclic) bond motifs is 1. The van der Waals surface area contributed by atoms with E-state index in [4.69, 9.17) is 9.47 Å². The van der Waals surface area contributed by atoms with Crippen LogP contribution in [-0.4, -0.2) is 37.6 Å². The molecule has 2 aromatic rings. The van der Waals surface area contributed by atoms with Gasteiger partial charge in [0.25, 0.3) is 5.91 Å². The van der Waals surface area contributed by atoms with Gasteiger partial charge in [0.15, 0.2) is 11.4 Å². The van der Waals surface area contributed by atoms with Crippen LogP contribution < -0.4 is 14.4 Å². The van der Waals surface area contributed by atoms with E-state index in [2.05, 4.69) is 15.9 Å². The van der Waals surface area contributed by atoms with Gasteiger partial charge in [0.1, 0.15) is 11.5 Å². The number of nitrogens with zero attached hydrogens (tertiary/aromatic N) is 1. The highest BCUT2D eigenvalue weighted by Gasteiger charge is 2.50. The first-order valence-corrected chi connectivity index (χ1v) is 9.24. The molecule has 142 valence electrons. The third-order valence-corrected chi connectivity index (χ3v) is 5.23. The molecule has 1 atom stereocenters. The quantitative estimate of drug-likeness (QED) is 0.707. The molecule has 1 aliphatic heterocycles. The Hall–Kier alpha value is -2.38. The molecule has 0 spiro atoms. The lowest BCUT2D eigenvalue weighted by molar-refractivity contribution is -0.135. The summed E-state index contributed by atoms with van der Waals surface area (Å²) in [6.07, 6.45) is -0.380. The lowest BCUT2D eigenvalue weighted by atomic mass is 9.88. The first kappa shape index (κ1) is 19.4. The van der Waals surface area contributed by atoms with Crippen molar-refractivity contribution >= 4 is 33.3 Å². The van der Waals surface area contributed by atoms with Gasteiger partial charge in [-0.2, -0.15) is 0 Å². The Morgan fingerprint density at radius 1 is 1.19 bits per heavy atom. The Balaban J connectivity index is 2.01. The van der Waals surface area contributed by atoms with Gasteiger partial charge in [-0.25, -0.2) is 0 Å². The number of ketones is 1. The first-order valence-electron chi connectivity index (χ1n) is 8.45. The number of carbonyl (C=O) groups excluding carboxylic acids is 2. The molecule has 1 aliphatic rings. The van der Waals surface area contributed by atoms with Crippen molar-refractivity contribution in [1.82, 2.24) is 0 Å². The first-order chi connectivity index (χ1) is 12.8. The summed E-state index contributed by atoms with van der Waals surface area (Å²) in [5.74, 6) is -0.0196. The highest BCUT2D eigenvalue weighted by molar-refractivity contribution is 9.10. The van der Waals surface area contributed by atoms with Crippen molar-refractivity contribution in [1.29, 1.82) is 0 Å². The zero-order valence-electron chi connectivity index (χ0n) is 15.3. The zero-order chi connectivity index (χ0) is 19.8. The van der Waals surface area contributed by atoms with Crippen LogP contribution in [0.4, 0.5) is 5.69 Å². The van der Waals surface area contributed by atoms with Crippen molar-refractivity contribution in [3.63, 3.8) is 0 Å². The van der Waals surface area contributed by atoms with Crippen LogP contribution in [0, 0.1) is 0 Å². The van der Waals surface area contributed by atoms with E-state index in [1.165, 1.54) is 19.1 Å². The summed E-state index contributed by atoms with van der Waals surface area (Å²) in [6, 6.07) is 10.0. The zero-order valence-corrected chi connectivity index (χ0v) is 16.9. The third kappa shape index (κ3) is 3.21. The number of anilines is 1. The smallest absolute Gasteiger partial charge is 0.264 e. The van der Waals surface area contributed by atoms with E-state index in [1.807, 2.05) is 6.92 Å². The average Bonchev–Trinajstić information content (AvgIpc) is 2.87. The SMILES string of the molecule is CCN1C(=O)[C@@](O)(CC(=O)c2ccc(OC)cc2OC)c2cc(Br)ccc21. The predicted octanol–water partition coefficient (Wildman–Crippen LogP) is 3.29. The molecule has 0 saturated heterocycles. The number of carbonyl (C=O) groups is 2. The number of ether oxygens (including phenoxy) is 2. The van der Waals surface area contributed by atoms with Crippen LogP contribution in [0.3, 0.4) is 0 Å². The molecule has 0 saturated carbocycles. The number of rotatable bonds is 6. The van der Waals surface area contributed by atoms with Gasteiger partial charge in [-0.05, 0) is 37.3 Å². The molecule has 0 aliphatic carbocycles. The van der Waals surface area contributed by atoms with Gasteiger partial charge in [-0.3, -0.25) is 9.59 Å². The monoisotopic (exact) mass is 433 g/mol. The van der Waals surface area contributed by atoms with Gasteiger partial charge in [-0.1, -0.05) is 15.9 Å². The summed E-state index contributed by atoms with van der Waals surface area (Å²) in [5.41, 5.74) is -0.602. The van der Waals surface area contributed by atoms with Crippen LogP contribution in [0.25, 0.3) is 0 Å². The summed E-state index contributed by atoms with van der Waals surface area (Å²) in [4.78, 5) is 27.3. The molecule has 27 heavy (non-hydrogen) atoms. The molecule has 2 aromatic carbocycles. The highest BCUT2D eigenvalue weighted by Crippen LogP contribution is 2.44. The van der Waals surface area contributed by atoms with Crippen molar-refractivity contribution in [3.05, 3.63) is 52.0 Å². The Bertz CT molecular complexity index is 913. The highest BCUT2D eigenvalue weighted by atomic mass is 79.9. The summed E-state index contributed by atoms with van der Waals surface area (Å²) < 4.78 is 11.1. The second-order valence-corrected chi connectivity index (χ2v) is 7.15. The lowest BCUT2D eigenvalue weighted by Gasteiger charge is -2.22. The molecule has 0 bridgehead atoms. The molecule has 7 heteroatoms. The van der Waals surface area contributed by atoms with Crippen molar-refractivity contribution in [2.24, 2.45) is 0 Å². The van der Waals surface area contributed by atoms with E-state index in [9.17, 15) is 14.7 Å². The van der Waals surface area contributed by atoms with Gasteiger partial charge >= 0.3 is 0 Å². The molecule has 1 N–H and O–H groups in total. The van der Waals surface area contributed by atoms with Gasteiger partial charge in [-0.15, -0.1) is 0 Å². The fraction of sp³-hybridized carbons (Fsp3) is 0.300. The Labute approximate surface area is 165 Å². The van der Waals surface area contributed by atoms with E-state index in [-0.39, 0.29) is 12.0 Å². The number of likely N-dealkylation sites (N-methyl/N-ethyl adjacent to an activating group) is 1. The van der Waals surface area contributed by atoms with Gasteiger partial charge in [0.2, 0.25) is 0 Å². The van der Waals surface area contributed by atoms with E-state index >= 15 is 0 Å². The molecule has 0 fully saturated rings. The van der Waals surface area contributed by atoms with E-state index in [0.717, 1.165) is 4.47 Å². The Morgan fingerprint density at radius 2 is 1.93 bits per heavy atom. The predicted molar refractivity (Wildman–Crippen MR) is 105 cm³/mol. The summed E-state index contributed by atoms with van der Waals surface area (Å²) in [6.45, 7) is 2.22. The summed E-state index contributed by atoms with van der Waals surface area (Å²) in [7, 11) is 2.97. The second-order valence-electron chi connectivity index (χ2n) is 6.24. The standard InChI is InChI=1S/C20H20BrNO5/c1-4-22-16-8-5-12(21)9-15(16)20(25,19(22)24)11-17(23)14-7-6-13(26-2)10-18(14)27-3/h5-10,25H,4,11H2,1-3H3/t20-/m1/s1. The minimum Gasteiger partial charge on any atom is -0.497 e. The van der Waals surface area contributed by atoms with Gasteiger partial charge < -0.3 is 19.5 Å². The van der Waals surface area contributed by atoms with Crippen LogP contribution in [0.1, 0.15) is 29.3 Å². The van der Waals surface area contributed by atoms with E-state index in [0.29, 0.717) is 29.3 Å². The van der Waals surface area contributed by atoms with Crippen LogP contribution in [0.5, 0.6) is 11.5 Å². The number of methoxy groups -OCH3 is 2. The topological polar surface area (TPSA) is 76.1 Å². The number of aliphatic hydroxyl groups is 1. The number of hydrogen-bond donors (Lipinski definition) is 1. The third-order valence-electron chi connectivity index (χ3n) is 4.74. The fourth-order valence-electron chi connectivity index (χ4n) is 3.36. The molecule has 0 unspecified atom stereocenters. The van der Waals surface area contributed by atoms with Crippen LogP contribution in [0.15, 0.2) is 40.9 Å². The molecule has 1 amide bonds.